The molecule has 0 heterocycles. The molecule has 0 bridgehead atoms. The Kier molecular flexibility index (Phi) is 7.13. The van der Waals surface area contributed by atoms with Crippen LogP contribution in [0.2, 0.25) is 0 Å². The van der Waals surface area contributed by atoms with E-state index in [1.807, 2.05) is 27.7 Å². The van der Waals surface area contributed by atoms with Crippen LogP contribution in [0.15, 0.2) is 0 Å². The molecule has 0 atom stereocenters. The molecule has 0 aliphatic carbocycles. The van der Waals surface area contributed by atoms with Gasteiger partial charge in [-0.05, 0) is 27.7 Å². The highest BCUT2D eigenvalue weighted by atomic mass is 79.9. The van der Waals surface area contributed by atoms with Crippen molar-refractivity contribution in [2.45, 2.75) is 39.9 Å². The Bertz CT molecular complexity index is 101. The predicted molar refractivity (Wildman–Crippen MR) is 53.1 cm³/mol. The summed E-state index contributed by atoms with van der Waals surface area (Å²) < 4.78 is 15.8. The molecule has 0 aliphatic heterocycles. The molecule has 0 aromatic carbocycles. The fourth-order valence-electron chi connectivity index (χ4n) is 0.607. The summed E-state index contributed by atoms with van der Waals surface area (Å²) in [4.78, 5) is 0. The Morgan fingerprint density at radius 3 is 1.75 bits per heavy atom. The zero-order chi connectivity index (χ0) is 9.56. The second-order valence-corrected chi connectivity index (χ2v) is 3.39. The van der Waals surface area contributed by atoms with Crippen LogP contribution in [0.25, 0.3) is 0 Å². The Hall–Kier alpha value is 0.425. The second-order valence-electron chi connectivity index (χ2n) is 2.93. The van der Waals surface area contributed by atoms with E-state index in [1.54, 1.807) is 0 Å². The summed E-state index contributed by atoms with van der Waals surface area (Å²) in [6.45, 7) is 7.76. The molecule has 3 nitrogen and oxygen atoms in total. The van der Waals surface area contributed by atoms with Gasteiger partial charge < -0.3 is 14.0 Å². The van der Waals surface area contributed by atoms with E-state index in [-0.39, 0.29) is 12.2 Å². The summed E-state index contributed by atoms with van der Waals surface area (Å²) in [6, 6.07) is 0. The van der Waals surface area contributed by atoms with E-state index in [2.05, 4.69) is 15.9 Å². The van der Waals surface area contributed by atoms with Crippen LogP contribution in [0.1, 0.15) is 27.7 Å². The van der Waals surface area contributed by atoms with Crippen LogP contribution >= 0.6 is 15.9 Å². The molecule has 0 saturated carbocycles. The standard InChI is InChI=1S/C7H16BBrO3/c1-6(2)11-8(10-5-9)12-7(3)4/h6-7H,5H2,1-4H3. The summed E-state index contributed by atoms with van der Waals surface area (Å²) in [5.74, 6) is 0. The van der Waals surface area contributed by atoms with Gasteiger partial charge in [0.15, 0.2) is 0 Å². The van der Waals surface area contributed by atoms with Crippen molar-refractivity contribution in [1.29, 1.82) is 0 Å². The second kappa shape index (κ2) is 6.89. The quantitative estimate of drug-likeness (QED) is 0.525. The predicted octanol–water partition coefficient (Wildman–Crippen LogP) is 2.19. The van der Waals surface area contributed by atoms with Gasteiger partial charge >= 0.3 is 7.32 Å². The Balaban J connectivity index is 3.69. The molecule has 0 spiro atoms. The van der Waals surface area contributed by atoms with Gasteiger partial charge in [-0.3, -0.25) is 0 Å². The van der Waals surface area contributed by atoms with Crippen molar-refractivity contribution in [3.8, 4) is 0 Å². The molecular formula is C7H16BBrO3. The van der Waals surface area contributed by atoms with Gasteiger partial charge in [0.05, 0.1) is 5.52 Å². The maximum atomic E-state index is 5.33. The third kappa shape index (κ3) is 7.09. The van der Waals surface area contributed by atoms with Crippen molar-refractivity contribution < 1.29 is 14.0 Å². The maximum Gasteiger partial charge on any atom is 0.640 e. The molecule has 12 heavy (non-hydrogen) atoms. The van der Waals surface area contributed by atoms with Crippen LogP contribution in [0.4, 0.5) is 0 Å². The fourth-order valence-corrected chi connectivity index (χ4v) is 0.822. The van der Waals surface area contributed by atoms with E-state index < -0.39 is 7.32 Å². The van der Waals surface area contributed by atoms with Crippen LogP contribution in [-0.2, 0) is 14.0 Å². The number of hydrogen-bond donors (Lipinski definition) is 0. The van der Waals surface area contributed by atoms with Gasteiger partial charge in [-0.25, -0.2) is 0 Å². The van der Waals surface area contributed by atoms with E-state index in [4.69, 9.17) is 14.0 Å². The van der Waals surface area contributed by atoms with Crippen molar-refractivity contribution in [1.82, 2.24) is 0 Å². The summed E-state index contributed by atoms with van der Waals surface area (Å²) >= 11 is 3.15. The van der Waals surface area contributed by atoms with E-state index in [9.17, 15) is 0 Å². The first-order valence-electron chi connectivity index (χ1n) is 4.04. The van der Waals surface area contributed by atoms with Gasteiger partial charge in [-0.1, -0.05) is 15.9 Å². The number of rotatable bonds is 6. The molecule has 0 aliphatic rings. The van der Waals surface area contributed by atoms with Crippen LogP contribution in [-0.4, -0.2) is 25.0 Å². The van der Waals surface area contributed by atoms with Crippen LogP contribution in [0.3, 0.4) is 0 Å². The zero-order valence-corrected chi connectivity index (χ0v) is 9.63. The van der Waals surface area contributed by atoms with Gasteiger partial charge in [-0.2, -0.15) is 0 Å². The average Bonchev–Trinajstić information content (AvgIpc) is 1.84. The van der Waals surface area contributed by atoms with Gasteiger partial charge in [0.2, 0.25) is 0 Å². The summed E-state index contributed by atoms with van der Waals surface area (Å²) in [7, 11) is -0.565. The Morgan fingerprint density at radius 1 is 1.08 bits per heavy atom. The summed E-state index contributed by atoms with van der Waals surface area (Å²) in [6.07, 6.45) is 0.209. The Labute approximate surface area is 83.1 Å². The highest BCUT2D eigenvalue weighted by Gasteiger charge is 2.23. The first kappa shape index (κ1) is 12.4. The topological polar surface area (TPSA) is 27.7 Å². The minimum atomic E-state index is -0.565. The maximum absolute atomic E-state index is 5.33. The average molecular weight is 239 g/mol. The number of alkyl halides is 1. The highest BCUT2D eigenvalue weighted by Crippen LogP contribution is 2.02. The summed E-state index contributed by atoms with van der Waals surface area (Å²) in [5.41, 5.74) is 0.414. The van der Waals surface area contributed by atoms with Gasteiger partial charge in [-0.15, -0.1) is 0 Å². The molecule has 0 unspecified atom stereocenters. The van der Waals surface area contributed by atoms with Crippen LogP contribution in [0.5, 0.6) is 0 Å². The molecule has 0 saturated heterocycles. The van der Waals surface area contributed by atoms with Crippen molar-refractivity contribution in [2.75, 3.05) is 5.52 Å². The summed E-state index contributed by atoms with van der Waals surface area (Å²) in [5, 5.41) is 0. The van der Waals surface area contributed by atoms with Crippen molar-refractivity contribution in [3.05, 3.63) is 0 Å². The third-order valence-corrected chi connectivity index (χ3v) is 1.23. The monoisotopic (exact) mass is 238 g/mol. The lowest BCUT2D eigenvalue weighted by atomic mass is 10.2. The van der Waals surface area contributed by atoms with Gasteiger partial charge in [0, 0.05) is 12.2 Å². The first-order valence-corrected chi connectivity index (χ1v) is 5.17. The Morgan fingerprint density at radius 2 is 1.50 bits per heavy atom. The fraction of sp³-hybridized carbons (Fsp3) is 1.00. The molecule has 0 aromatic rings. The minimum absolute atomic E-state index is 0.104. The van der Waals surface area contributed by atoms with Gasteiger partial charge in [0.1, 0.15) is 0 Å². The molecule has 0 amide bonds. The highest BCUT2D eigenvalue weighted by molar-refractivity contribution is 9.09. The molecule has 0 radical (unpaired) electrons. The van der Waals surface area contributed by atoms with E-state index >= 15 is 0 Å². The molecule has 0 aromatic heterocycles. The van der Waals surface area contributed by atoms with Crippen LogP contribution < -0.4 is 0 Å². The lowest BCUT2D eigenvalue weighted by Crippen LogP contribution is -2.32. The molecule has 0 rings (SSSR count). The molecule has 72 valence electrons. The molecule has 0 fully saturated rings. The van der Waals surface area contributed by atoms with E-state index in [0.717, 1.165) is 0 Å². The number of hydrogen-bond acceptors (Lipinski definition) is 3. The lowest BCUT2D eigenvalue weighted by Gasteiger charge is -2.17. The minimum Gasteiger partial charge on any atom is -0.384 e. The third-order valence-electron chi connectivity index (χ3n) is 0.966. The van der Waals surface area contributed by atoms with Crippen molar-refractivity contribution >= 4 is 23.3 Å². The van der Waals surface area contributed by atoms with Crippen molar-refractivity contribution in [3.63, 3.8) is 0 Å². The van der Waals surface area contributed by atoms with E-state index in [0.29, 0.717) is 5.52 Å². The lowest BCUT2D eigenvalue weighted by molar-refractivity contribution is 0.0618. The first-order chi connectivity index (χ1) is 5.56. The van der Waals surface area contributed by atoms with Gasteiger partial charge in [0.25, 0.3) is 0 Å². The molecule has 0 N–H and O–H groups in total. The van der Waals surface area contributed by atoms with E-state index in [1.165, 1.54) is 0 Å². The molecular weight excluding hydrogens is 223 g/mol. The van der Waals surface area contributed by atoms with Crippen LogP contribution in [0, 0.1) is 0 Å². The molecule has 5 heteroatoms. The van der Waals surface area contributed by atoms with Crippen molar-refractivity contribution in [2.24, 2.45) is 0 Å². The normalized spacial score (nSPS) is 11.2. The number of halogens is 1. The zero-order valence-electron chi connectivity index (χ0n) is 8.04. The smallest absolute Gasteiger partial charge is 0.384 e. The SMILES string of the molecule is CC(C)OB(OCBr)OC(C)C. The largest absolute Gasteiger partial charge is 0.640 e.